The van der Waals surface area contributed by atoms with Gasteiger partial charge in [-0.2, -0.15) is 0 Å². The Morgan fingerprint density at radius 3 is 0.967 bits per heavy atom. The maximum absolute atomic E-state index is 12.5. The van der Waals surface area contributed by atoms with Gasteiger partial charge in [0.2, 0.25) is 5.91 Å². The van der Waals surface area contributed by atoms with E-state index < -0.39 is 12.1 Å². The third-order valence-corrected chi connectivity index (χ3v) is 12.6. The minimum Gasteiger partial charge on any atom is -0.394 e. The molecular formula is C56H107NO3. The van der Waals surface area contributed by atoms with Gasteiger partial charge in [-0.15, -0.1) is 0 Å². The van der Waals surface area contributed by atoms with Gasteiger partial charge in [-0.3, -0.25) is 4.79 Å². The molecule has 1 amide bonds. The molecule has 0 heterocycles. The number of aliphatic hydroxyl groups is 2. The highest BCUT2D eigenvalue weighted by atomic mass is 16.3. The number of hydrogen-bond acceptors (Lipinski definition) is 3. The van der Waals surface area contributed by atoms with Crippen LogP contribution in [-0.4, -0.2) is 34.9 Å². The highest BCUT2D eigenvalue weighted by Gasteiger charge is 2.18. The third-order valence-electron chi connectivity index (χ3n) is 12.6. The molecule has 0 aliphatic rings. The zero-order valence-corrected chi connectivity index (χ0v) is 40.7. The van der Waals surface area contributed by atoms with Crippen molar-refractivity contribution in [3.05, 3.63) is 36.5 Å². The number of carbonyl (C=O) groups is 1. The van der Waals surface area contributed by atoms with Gasteiger partial charge in [0, 0.05) is 6.42 Å². The van der Waals surface area contributed by atoms with E-state index in [2.05, 4.69) is 43.5 Å². The number of nitrogens with one attached hydrogen (secondary N) is 1. The zero-order chi connectivity index (χ0) is 43.5. The Balaban J connectivity index is 3.53. The molecule has 0 spiro atoms. The van der Waals surface area contributed by atoms with E-state index in [1.54, 1.807) is 6.08 Å². The second-order valence-corrected chi connectivity index (χ2v) is 18.6. The minimum atomic E-state index is -0.868. The summed E-state index contributed by atoms with van der Waals surface area (Å²) in [6.07, 6.45) is 70.2. The van der Waals surface area contributed by atoms with E-state index in [1.165, 1.54) is 238 Å². The van der Waals surface area contributed by atoms with Crippen molar-refractivity contribution in [3.8, 4) is 0 Å². The standard InChI is InChI=1S/C56H107NO3/c1-3-5-7-9-11-13-15-17-19-21-23-25-27-28-30-32-34-36-38-40-42-44-46-48-50-52-56(60)57-54(53-58)55(59)51-49-47-45-43-41-39-37-35-33-31-29-26-24-22-20-18-16-14-12-10-8-6-4-2/h33,35,41,43,49,51,54-55,58-59H,3-32,34,36-40,42,44-48,50,52-53H2,1-2H3,(H,57,60)/b35-33+,43-41+,51-49+. The topological polar surface area (TPSA) is 69.6 Å². The van der Waals surface area contributed by atoms with Crippen molar-refractivity contribution in [2.75, 3.05) is 6.61 Å². The summed E-state index contributed by atoms with van der Waals surface area (Å²) in [6.45, 7) is 4.33. The summed E-state index contributed by atoms with van der Waals surface area (Å²) in [5.74, 6) is -0.0723. The second kappa shape index (κ2) is 52.0. The van der Waals surface area contributed by atoms with Crippen LogP contribution in [0.4, 0.5) is 0 Å². The fourth-order valence-corrected chi connectivity index (χ4v) is 8.45. The maximum atomic E-state index is 12.5. The van der Waals surface area contributed by atoms with Crippen LogP contribution in [0, 0.1) is 0 Å². The molecule has 0 aliphatic carbocycles. The molecule has 0 aromatic heterocycles. The van der Waals surface area contributed by atoms with E-state index >= 15 is 0 Å². The molecule has 4 nitrogen and oxygen atoms in total. The number of amides is 1. The molecule has 0 radical (unpaired) electrons. The minimum absolute atomic E-state index is 0.0723. The zero-order valence-electron chi connectivity index (χ0n) is 40.7. The summed E-state index contributed by atoms with van der Waals surface area (Å²) >= 11 is 0. The smallest absolute Gasteiger partial charge is 0.220 e. The molecule has 0 aromatic carbocycles. The fraction of sp³-hybridized carbons (Fsp3) is 0.875. The molecule has 0 bridgehead atoms. The van der Waals surface area contributed by atoms with Crippen LogP contribution in [-0.2, 0) is 4.79 Å². The SMILES string of the molecule is CCCCCCCCCCCCCCC/C=C/CC/C=C/CC/C=C/C(O)C(CO)NC(=O)CCCCCCCCCCCCCCCCCCCCCCCCCCC. The average Bonchev–Trinajstić information content (AvgIpc) is 3.25. The number of carbonyl (C=O) groups excluding carboxylic acids is 1. The Morgan fingerprint density at radius 2 is 0.650 bits per heavy atom. The number of allylic oxidation sites excluding steroid dienone is 5. The first-order chi connectivity index (χ1) is 29.7. The molecule has 2 atom stereocenters. The molecule has 0 saturated heterocycles. The predicted molar refractivity (Wildman–Crippen MR) is 267 cm³/mol. The van der Waals surface area contributed by atoms with Crippen LogP contribution >= 0.6 is 0 Å². The first-order valence-electron chi connectivity index (χ1n) is 27.2. The summed E-state index contributed by atoms with van der Waals surface area (Å²) in [6, 6.07) is -0.644. The molecule has 0 rings (SSSR count). The maximum Gasteiger partial charge on any atom is 0.220 e. The molecule has 0 saturated carbocycles. The molecule has 2 unspecified atom stereocenters. The van der Waals surface area contributed by atoms with Crippen molar-refractivity contribution in [3.63, 3.8) is 0 Å². The second-order valence-electron chi connectivity index (χ2n) is 18.6. The van der Waals surface area contributed by atoms with Gasteiger partial charge in [0.1, 0.15) is 0 Å². The summed E-state index contributed by atoms with van der Waals surface area (Å²) in [4.78, 5) is 12.5. The van der Waals surface area contributed by atoms with E-state index in [4.69, 9.17) is 0 Å². The summed E-state index contributed by atoms with van der Waals surface area (Å²) in [7, 11) is 0. The first-order valence-corrected chi connectivity index (χ1v) is 27.2. The lowest BCUT2D eigenvalue weighted by Crippen LogP contribution is -2.45. The highest BCUT2D eigenvalue weighted by molar-refractivity contribution is 5.76. The largest absolute Gasteiger partial charge is 0.394 e. The van der Waals surface area contributed by atoms with Gasteiger partial charge >= 0.3 is 0 Å². The molecule has 0 fully saturated rings. The van der Waals surface area contributed by atoms with Crippen molar-refractivity contribution < 1.29 is 15.0 Å². The lowest BCUT2D eigenvalue weighted by Gasteiger charge is -2.19. The predicted octanol–water partition coefficient (Wildman–Crippen LogP) is 17.7. The van der Waals surface area contributed by atoms with Crippen LogP contribution < -0.4 is 5.32 Å². The molecule has 0 aliphatic heterocycles. The van der Waals surface area contributed by atoms with Gasteiger partial charge in [0.25, 0.3) is 0 Å². The van der Waals surface area contributed by atoms with Gasteiger partial charge in [0.05, 0.1) is 18.8 Å². The van der Waals surface area contributed by atoms with E-state index in [0.717, 1.165) is 38.5 Å². The monoisotopic (exact) mass is 842 g/mol. The molecular weight excluding hydrogens is 735 g/mol. The van der Waals surface area contributed by atoms with Gasteiger partial charge in [-0.1, -0.05) is 281 Å². The van der Waals surface area contributed by atoms with Crippen molar-refractivity contribution in [1.82, 2.24) is 5.32 Å². The highest BCUT2D eigenvalue weighted by Crippen LogP contribution is 2.17. The van der Waals surface area contributed by atoms with Crippen LogP contribution in [0.3, 0.4) is 0 Å². The average molecular weight is 842 g/mol. The molecule has 3 N–H and O–H groups in total. The fourth-order valence-electron chi connectivity index (χ4n) is 8.45. The van der Waals surface area contributed by atoms with E-state index in [0.29, 0.717) is 6.42 Å². The lowest BCUT2D eigenvalue weighted by molar-refractivity contribution is -0.123. The Kier molecular flexibility index (Phi) is 50.8. The van der Waals surface area contributed by atoms with Gasteiger partial charge in [0.15, 0.2) is 0 Å². The van der Waals surface area contributed by atoms with Crippen molar-refractivity contribution in [2.45, 2.75) is 309 Å². The Morgan fingerprint density at radius 1 is 0.383 bits per heavy atom. The van der Waals surface area contributed by atoms with Crippen molar-refractivity contribution >= 4 is 5.91 Å². The van der Waals surface area contributed by atoms with Crippen LogP contribution in [0.25, 0.3) is 0 Å². The van der Waals surface area contributed by atoms with Crippen LogP contribution in [0.15, 0.2) is 36.5 Å². The third kappa shape index (κ3) is 47.7. The van der Waals surface area contributed by atoms with Crippen molar-refractivity contribution in [1.29, 1.82) is 0 Å². The first kappa shape index (κ1) is 58.6. The van der Waals surface area contributed by atoms with Gasteiger partial charge < -0.3 is 15.5 Å². The number of aliphatic hydroxyl groups excluding tert-OH is 2. The van der Waals surface area contributed by atoms with E-state index in [1.807, 2.05) is 6.08 Å². The molecule has 4 heteroatoms. The van der Waals surface area contributed by atoms with E-state index in [9.17, 15) is 15.0 Å². The Hall–Kier alpha value is -1.39. The summed E-state index contributed by atoms with van der Waals surface area (Å²) in [5.41, 5.74) is 0. The summed E-state index contributed by atoms with van der Waals surface area (Å²) in [5, 5.41) is 23.1. The van der Waals surface area contributed by atoms with Crippen LogP contribution in [0.2, 0.25) is 0 Å². The Labute approximate surface area is 376 Å². The van der Waals surface area contributed by atoms with Gasteiger partial charge in [-0.25, -0.2) is 0 Å². The molecule has 60 heavy (non-hydrogen) atoms. The van der Waals surface area contributed by atoms with Gasteiger partial charge in [-0.05, 0) is 44.9 Å². The Bertz CT molecular complexity index is 912. The molecule has 0 aromatic rings. The van der Waals surface area contributed by atoms with Crippen LogP contribution in [0.5, 0.6) is 0 Å². The van der Waals surface area contributed by atoms with Crippen molar-refractivity contribution in [2.24, 2.45) is 0 Å². The summed E-state index contributed by atoms with van der Waals surface area (Å²) < 4.78 is 0. The number of rotatable bonds is 50. The quantitative estimate of drug-likeness (QED) is 0.0422. The number of hydrogen-bond donors (Lipinski definition) is 3. The lowest BCUT2D eigenvalue weighted by atomic mass is 10.0. The normalized spacial score (nSPS) is 13.1. The number of unbranched alkanes of at least 4 members (excludes halogenated alkanes) is 39. The van der Waals surface area contributed by atoms with E-state index in [-0.39, 0.29) is 12.5 Å². The molecule has 354 valence electrons. The van der Waals surface area contributed by atoms with Crippen LogP contribution in [0.1, 0.15) is 296 Å².